The Labute approximate surface area is 191 Å². The standard InChI is InChI=1S/C23H38N8O/c1-15-24-19(22(7,8)11-12-23(9,10)20-28-26-17(3)32-20)31(29-15)14-13-30-16(2)25-27-18(30)21(4,5)6/h11-14H2,1-10H3. The molecule has 0 saturated heterocycles. The third-order valence-corrected chi connectivity index (χ3v) is 6.00. The van der Waals surface area contributed by atoms with Crippen LogP contribution in [-0.4, -0.2) is 39.7 Å². The highest BCUT2D eigenvalue weighted by atomic mass is 16.4. The van der Waals surface area contributed by atoms with E-state index in [1.807, 2.05) is 25.5 Å². The van der Waals surface area contributed by atoms with Crippen LogP contribution in [0.2, 0.25) is 0 Å². The summed E-state index contributed by atoms with van der Waals surface area (Å²) in [6.07, 6.45) is 1.81. The molecule has 0 aliphatic heterocycles. The van der Waals surface area contributed by atoms with Crippen LogP contribution < -0.4 is 0 Å². The van der Waals surface area contributed by atoms with Gasteiger partial charge in [0, 0.05) is 29.7 Å². The van der Waals surface area contributed by atoms with E-state index in [1.165, 1.54) is 0 Å². The van der Waals surface area contributed by atoms with Gasteiger partial charge in [0.15, 0.2) is 0 Å². The molecule has 0 N–H and O–H groups in total. The van der Waals surface area contributed by atoms with Gasteiger partial charge in [-0.1, -0.05) is 48.5 Å². The quantitative estimate of drug-likeness (QED) is 0.515. The maximum atomic E-state index is 5.71. The lowest BCUT2D eigenvalue weighted by atomic mass is 9.78. The Balaban J connectivity index is 1.78. The number of rotatable bonds is 8. The molecular formula is C23H38N8O. The summed E-state index contributed by atoms with van der Waals surface area (Å²) in [6.45, 7) is 22.5. The fourth-order valence-corrected chi connectivity index (χ4v) is 3.92. The Morgan fingerprint density at radius 2 is 1.41 bits per heavy atom. The largest absolute Gasteiger partial charge is 0.425 e. The lowest BCUT2D eigenvalue weighted by Gasteiger charge is -2.29. The molecule has 0 saturated carbocycles. The summed E-state index contributed by atoms with van der Waals surface area (Å²) in [5.74, 6) is 4.98. The molecule has 32 heavy (non-hydrogen) atoms. The van der Waals surface area contributed by atoms with E-state index in [0.717, 1.165) is 42.7 Å². The molecule has 0 radical (unpaired) electrons. The predicted molar refractivity (Wildman–Crippen MR) is 123 cm³/mol. The molecule has 0 amide bonds. The molecule has 0 fully saturated rings. The summed E-state index contributed by atoms with van der Waals surface area (Å²) >= 11 is 0. The first-order chi connectivity index (χ1) is 14.7. The molecular weight excluding hydrogens is 404 g/mol. The van der Waals surface area contributed by atoms with Gasteiger partial charge in [0.1, 0.15) is 23.3 Å². The van der Waals surface area contributed by atoms with Crippen LogP contribution in [0.25, 0.3) is 0 Å². The zero-order valence-electron chi connectivity index (χ0n) is 21.3. The van der Waals surface area contributed by atoms with Gasteiger partial charge < -0.3 is 8.98 Å². The van der Waals surface area contributed by atoms with Crippen molar-refractivity contribution in [3.63, 3.8) is 0 Å². The summed E-state index contributed by atoms with van der Waals surface area (Å²) < 4.78 is 9.94. The molecule has 0 atom stereocenters. The molecule has 9 heteroatoms. The van der Waals surface area contributed by atoms with Crippen molar-refractivity contribution < 1.29 is 4.42 Å². The second-order valence-electron chi connectivity index (χ2n) is 11.1. The molecule has 0 aromatic carbocycles. The average molecular weight is 443 g/mol. The topological polar surface area (TPSA) is 100 Å². The number of aryl methyl sites for hydroxylation is 4. The maximum Gasteiger partial charge on any atom is 0.222 e. The van der Waals surface area contributed by atoms with E-state index in [2.05, 4.69) is 73.4 Å². The minimum atomic E-state index is -0.209. The smallest absolute Gasteiger partial charge is 0.222 e. The average Bonchev–Trinajstić information content (AvgIpc) is 3.37. The summed E-state index contributed by atoms with van der Waals surface area (Å²) in [5.41, 5.74) is -0.442. The van der Waals surface area contributed by atoms with Crippen molar-refractivity contribution in [1.82, 2.24) is 39.7 Å². The third-order valence-electron chi connectivity index (χ3n) is 6.00. The molecule has 3 aromatic heterocycles. The van der Waals surface area contributed by atoms with Gasteiger partial charge in [-0.05, 0) is 26.7 Å². The summed E-state index contributed by atoms with van der Waals surface area (Å²) in [5, 5.41) is 21.7. The van der Waals surface area contributed by atoms with E-state index in [-0.39, 0.29) is 16.2 Å². The highest BCUT2D eigenvalue weighted by Crippen LogP contribution is 2.35. The Morgan fingerprint density at radius 3 is 2.00 bits per heavy atom. The van der Waals surface area contributed by atoms with Gasteiger partial charge in [0.05, 0.1) is 6.54 Å². The van der Waals surface area contributed by atoms with Crippen LogP contribution in [-0.2, 0) is 29.3 Å². The van der Waals surface area contributed by atoms with Crippen molar-refractivity contribution in [2.24, 2.45) is 0 Å². The second-order valence-corrected chi connectivity index (χ2v) is 11.1. The monoisotopic (exact) mass is 442 g/mol. The molecule has 0 aliphatic rings. The van der Waals surface area contributed by atoms with Gasteiger partial charge in [-0.15, -0.1) is 20.4 Å². The highest BCUT2D eigenvalue weighted by Gasteiger charge is 2.34. The van der Waals surface area contributed by atoms with E-state index in [0.29, 0.717) is 18.3 Å². The Hall–Kier alpha value is -2.58. The first-order valence-electron chi connectivity index (χ1n) is 11.3. The molecule has 9 nitrogen and oxygen atoms in total. The van der Waals surface area contributed by atoms with Gasteiger partial charge >= 0.3 is 0 Å². The number of hydrogen-bond acceptors (Lipinski definition) is 7. The van der Waals surface area contributed by atoms with Gasteiger partial charge in [0.25, 0.3) is 0 Å². The van der Waals surface area contributed by atoms with Crippen LogP contribution in [0, 0.1) is 20.8 Å². The van der Waals surface area contributed by atoms with Crippen LogP contribution in [0.5, 0.6) is 0 Å². The van der Waals surface area contributed by atoms with Gasteiger partial charge in [-0.2, -0.15) is 5.10 Å². The normalized spacial score (nSPS) is 13.2. The van der Waals surface area contributed by atoms with Crippen LogP contribution in [0.3, 0.4) is 0 Å². The van der Waals surface area contributed by atoms with Crippen LogP contribution in [0.4, 0.5) is 0 Å². The van der Waals surface area contributed by atoms with Gasteiger partial charge in [-0.3, -0.25) is 0 Å². The van der Waals surface area contributed by atoms with Gasteiger partial charge in [0.2, 0.25) is 11.8 Å². The highest BCUT2D eigenvalue weighted by molar-refractivity contribution is 5.09. The summed E-state index contributed by atoms with van der Waals surface area (Å²) in [4.78, 5) is 4.81. The first-order valence-corrected chi connectivity index (χ1v) is 11.3. The first kappa shape index (κ1) is 24.1. The SMILES string of the molecule is Cc1nc(C(C)(C)CCC(C)(C)c2nnc(C)o2)n(CCn2c(C)nnc2C(C)(C)C)n1. The number of nitrogens with zero attached hydrogens (tertiary/aromatic N) is 8. The zero-order chi connectivity index (χ0) is 23.9. The fourth-order valence-electron chi connectivity index (χ4n) is 3.92. The minimum Gasteiger partial charge on any atom is -0.425 e. The Bertz CT molecular complexity index is 1060. The minimum absolute atomic E-state index is 0.0691. The molecule has 3 heterocycles. The molecule has 0 aliphatic carbocycles. The van der Waals surface area contributed by atoms with E-state index in [9.17, 15) is 0 Å². The predicted octanol–water partition coefficient (Wildman–Crippen LogP) is 4.21. The van der Waals surface area contributed by atoms with Crippen molar-refractivity contribution in [2.75, 3.05) is 0 Å². The molecule has 0 bridgehead atoms. The third kappa shape index (κ3) is 5.07. The zero-order valence-corrected chi connectivity index (χ0v) is 21.3. The van der Waals surface area contributed by atoms with E-state index >= 15 is 0 Å². The molecule has 0 spiro atoms. The maximum absolute atomic E-state index is 5.71. The molecule has 3 aromatic rings. The number of aromatic nitrogens is 8. The molecule has 3 rings (SSSR count). The lowest BCUT2D eigenvalue weighted by Crippen LogP contribution is -2.29. The Morgan fingerprint density at radius 1 is 0.750 bits per heavy atom. The van der Waals surface area contributed by atoms with Crippen LogP contribution in [0.1, 0.15) is 96.4 Å². The summed E-state index contributed by atoms with van der Waals surface area (Å²) in [6, 6.07) is 0. The van der Waals surface area contributed by atoms with Crippen molar-refractivity contribution in [3.05, 3.63) is 35.1 Å². The molecule has 176 valence electrons. The Kier molecular flexibility index (Phi) is 6.32. The van der Waals surface area contributed by atoms with Crippen molar-refractivity contribution in [2.45, 2.75) is 111 Å². The van der Waals surface area contributed by atoms with Crippen molar-refractivity contribution >= 4 is 0 Å². The number of hydrogen-bond donors (Lipinski definition) is 0. The van der Waals surface area contributed by atoms with Gasteiger partial charge in [-0.25, -0.2) is 9.67 Å². The van der Waals surface area contributed by atoms with Crippen LogP contribution >= 0.6 is 0 Å². The van der Waals surface area contributed by atoms with Crippen LogP contribution in [0.15, 0.2) is 4.42 Å². The fraction of sp³-hybridized carbons (Fsp3) is 0.739. The van der Waals surface area contributed by atoms with E-state index in [4.69, 9.17) is 14.5 Å². The van der Waals surface area contributed by atoms with Crippen molar-refractivity contribution in [3.8, 4) is 0 Å². The van der Waals surface area contributed by atoms with E-state index < -0.39 is 0 Å². The van der Waals surface area contributed by atoms with Crippen molar-refractivity contribution in [1.29, 1.82) is 0 Å². The van der Waals surface area contributed by atoms with E-state index in [1.54, 1.807) is 0 Å². The lowest BCUT2D eigenvalue weighted by molar-refractivity contribution is 0.295. The summed E-state index contributed by atoms with van der Waals surface area (Å²) in [7, 11) is 0. The second kappa shape index (κ2) is 8.41. The molecule has 0 unspecified atom stereocenters.